The van der Waals surface area contributed by atoms with Crippen molar-refractivity contribution in [1.82, 2.24) is 15.5 Å². The fraction of sp³-hybridized carbons (Fsp3) is 0.316. The Balaban J connectivity index is 1.59. The number of para-hydroxylation sites is 1. The van der Waals surface area contributed by atoms with Crippen molar-refractivity contribution in [2.24, 2.45) is 5.92 Å². The lowest BCUT2D eigenvalue weighted by molar-refractivity contribution is 0.215. The van der Waals surface area contributed by atoms with Gasteiger partial charge in [0.25, 0.3) is 0 Å². The van der Waals surface area contributed by atoms with Gasteiger partial charge in [-0.25, -0.2) is 0 Å². The fourth-order valence-corrected chi connectivity index (χ4v) is 3.16. The van der Waals surface area contributed by atoms with Crippen LogP contribution in [-0.2, 0) is 0 Å². The molecule has 130 valence electrons. The lowest BCUT2D eigenvalue weighted by Gasteiger charge is -2.22. The second-order valence-corrected chi connectivity index (χ2v) is 6.37. The van der Waals surface area contributed by atoms with E-state index in [9.17, 15) is 0 Å². The summed E-state index contributed by atoms with van der Waals surface area (Å²) in [5.41, 5.74) is 6.81. The van der Waals surface area contributed by atoms with Crippen LogP contribution >= 0.6 is 0 Å². The van der Waals surface area contributed by atoms with Gasteiger partial charge in [-0.1, -0.05) is 18.2 Å². The Morgan fingerprint density at radius 2 is 1.88 bits per heavy atom. The third kappa shape index (κ3) is 3.53. The predicted molar refractivity (Wildman–Crippen MR) is 98.1 cm³/mol. The number of anilines is 1. The molecular formula is C19H22N4O2. The van der Waals surface area contributed by atoms with Gasteiger partial charge in [0.15, 0.2) is 5.82 Å². The molecule has 6 nitrogen and oxygen atoms in total. The lowest BCUT2D eigenvalue weighted by atomic mass is 9.99. The van der Waals surface area contributed by atoms with E-state index in [2.05, 4.69) is 15.5 Å². The molecule has 0 bridgehead atoms. The number of hydrogen-bond donors (Lipinski definition) is 3. The summed E-state index contributed by atoms with van der Waals surface area (Å²) < 4.78 is 12.1. The molecule has 0 unspecified atom stereocenters. The molecule has 0 amide bonds. The first-order chi connectivity index (χ1) is 12.3. The minimum absolute atomic E-state index is 0.422. The van der Waals surface area contributed by atoms with Crippen LogP contribution in [0.25, 0.3) is 10.9 Å². The molecule has 0 spiro atoms. The summed E-state index contributed by atoms with van der Waals surface area (Å²) in [6.45, 7) is 2.83. The van der Waals surface area contributed by atoms with Crippen molar-refractivity contribution in [3.63, 3.8) is 0 Å². The highest BCUT2D eigenvalue weighted by Gasteiger charge is 2.16. The maximum Gasteiger partial charge on any atom is 0.156 e. The minimum atomic E-state index is 0.422. The quantitative estimate of drug-likeness (QED) is 0.664. The number of benzene rings is 2. The first-order valence-electron chi connectivity index (χ1n) is 8.63. The Bertz CT molecular complexity index is 841. The number of nitrogens with two attached hydrogens (primary N) is 1. The summed E-state index contributed by atoms with van der Waals surface area (Å²) in [7, 11) is 0. The van der Waals surface area contributed by atoms with Crippen LogP contribution in [0, 0.1) is 5.92 Å². The second-order valence-electron chi connectivity index (χ2n) is 6.37. The Kier molecular flexibility index (Phi) is 4.43. The van der Waals surface area contributed by atoms with Crippen molar-refractivity contribution in [1.29, 1.82) is 0 Å². The van der Waals surface area contributed by atoms with Gasteiger partial charge in [-0.15, -0.1) is 0 Å². The number of nitrogen functional groups attached to an aromatic ring is 1. The van der Waals surface area contributed by atoms with Gasteiger partial charge in [-0.05, 0) is 44.0 Å². The predicted octanol–water partition coefficient (Wildman–Crippen LogP) is 3.32. The second kappa shape index (κ2) is 7.03. The van der Waals surface area contributed by atoms with Crippen molar-refractivity contribution < 1.29 is 9.47 Å². The number of ether oxygens (including phenoxy) is 2. The molecule has 0 radical (unpaired) electrons. The summed E-state index contributed by atoms with van der Waals surface area (Å²) in [6, 6.07) is 13.5. The van der Waals surface area contributed by atoms with Crippen LogP contribution in [0.1, 0.15) is 12.8 Å². The fourth-order valence-electron chi connectivity index (χ4n) is 3.16. The van der Waals surface area contributed by atoms with E-state index in [0.29, 0.717) is 24.1 Å². The molecule has 4 N–H and O–H groups in total. The van der Waals surface area contributed by atoms with Gasteiger partial charge in [0.05, 0.1) is 17.5 Å². The van der Waals surface area contributed by atoms with Crippen molar-refractivity contribution in [2.45, 2.75) is 12.8 Å². The average Bonchev–Trinajstić information content (AvgIpc) is 3.03. The molecule has 6 heteroatoms. The Hall–Kier alpha value is -2.73. The van der Waals surface area contributed by atoms with Crippen LogP contribution < -0.4 is 20.5 Å². The highest BCUT2D eigenvalue weighted by atomic mass is 16.5. The summed E-state index contributed by atoms with van der Waals surface area (Å²) in [6.07, 6.45) is 2.29. The Morgan fingerprint density at radius 3 is 2.68 bits per heavy atom. The summed E-state index contributed by atoms with van der Waals surface area (Å²) in [5.74, 6) is 3.17. The first-order valence-corrected chi connectivity index (χ1v) is 8.63. The number of nitrogens with one attached hydrogen (secondary N) is 2. The number of rotatable bonds is 5. The van der Waals surface area contributed by atoms with Crippen molar-refractivity contribution in [2.75, 3.05) is 25.4 Å². The molecule has 3 aromatic rings. The molecule has 0 atom stereocenters. The zero-order chi connectivity index (χ0) is 17.1. The maximum absolute atomic E-state index is 6.04. The third-order valence-electron chi connectivity index (χ3n) is 4.54. The van der Waals surface area contributed by atoms with Gasteiger partial charge in [-0.3, -0.25) is 5.10 Å². The Labute approximate surface area is 146 Å². The van der Waals surface area contributed by atoms with E-state index in [4.69, 9.17) is 15.2 Å². The van der Waals surface area contributed by atoms with E-state index < -0.39 is 0 Å². The van der Waals surface area contributed by atoms with Gasteiger partial charge in [-0.2, -0.15) is 5.10 Å². The molecule has 2 aromatic carbocycles. The van der Waals surface area contributed by atoms with E-state index in [1.807, 2.05) is 42.5 Å². The number of piperidine rings is 1. The SMILES string of the molecule is Nc1n[nH]c2cc(OCC3CCNCC3)cc(Oc3ccccc3)c12. The van der Waals surface area contributed by atoms with E-state index in [1.165, 1.54) is 0 Å². The van der Waals surface area contributed by atoms with Gasteiger partial charge >= 0.3 is 0 Å². The van der Waals surface area contributed by atoms with Crippen LogP contribution in [0.4, 0.5) is 5.82 Å². The van der Waals surface area contributed by atoms with Gasteiger partial charge in [0.2, 0.25) is 0 Å². The number of nitrogens with zero attached hydrogens (tertiary/aromatic N) is 1. The number of H-pyrrole nitrogens is 1. The third-order valence-corrected chi connectivity index (χ3v) is 4.54. The van der Waals surface area contributed by atoms with E-state index in [1.54, 1.807) is 0 Å². The summed E-state index contributed by atoms with van der Waals surface area (Å²) in [4.78, 5) is 0. The molecule has 1 aliphatic heterocycles. The number of aromatic amines is 1. The summed E-state index contributed by atoms with van der Waals surface area (Å²) >= 11 is 0. The van der Waals surface area contributed by atoms with Crippen molar-refractivity contribution in [3.8, 4) is 17.2 Å². The summed E-state index contributed by atoms with van der Waals surface area (Å²) in [5, 5.41) is 11.2. The Morgan fingerprint density at radius 1 is 1.08 bits per heavy atom. The van der Waals surface area contributed by atoms with Gasteiger partial charge < -0.3 is 20.5 Å². The molecular weight excluding hydrogens is 316 g/mol. The molecule has 1 fully saturated rings. The van der Waals surface area contributed by atoms with Crippen molar-refractivity contribution >= 4 is 16.7 Å². The van der Waals surface area contributed by atoms with Gasteiger partial charge in [0, 0.05) is 12.1 Å². The largest absolute Gasteiger partial charge is 0.493 e. The average molecular weight is 338 g/mol. The van der Waals surface area contributed by atoms with Crippen LogP contribution in [0.3, 0.4) is 0 Å². The van der Waals surface area contributed by atoms with Crippen LogP contribution in [0.2, 0.25) is 0 Å². The molecule has 0 aliphatic carbocycles. The van der Waals surface area contributed by atoms with Crippen LogP contribution in [-0.4, -0.2) is 29.9 Å². The zero-order valence-corrected chi connectivity index (χ0v) is 14.0. The maximum atomic E-state index is 6.04. The normalized spacial score (nSPS) is 15.4. The smallest absolute Gasteiger partial charge is 0.156 e. The lowest BCUT2D eigenvalue weighted by Crippen LogP contribution is -2.30. The molecule has 1 aliphatic rings. The minimum Gasteiger partial charge on any atom is -0.493 e. The van der Waals surface area contributed by atoms with Gasteiger partial charge in [0.1, 0.15) is 17.2 Å². The monoisotopic (exact) mass is 338 g/mol. The highest BCUT2D eigenvalue weighted by molar-refractivity contribution is 5.95. The highest BCUT2D eigenvalue weighted by Crippen LogP contribution is 2.36. The standard InChI is InChI=1S/C19H22N4O2/c20-19-18-16(22-23-19)10-15(24-12-13-6-8-21-9-7-13)11-17(18)25-14-4-2-1-3-5-14/h1-5,10-11,13,21H,6-9,12H2,(H3,20,22,23). The topological polar surface area (TPSA) is 85.2 Å². The number of hydrogen-bond acceptors (Lipinski definition) is 5. The van der Waals surface area contributed by atoms with Crippen LogP contribution in [0.5, 0.6) is 17.2 Å². The van der Waals surface area contributed by atoms with E-state index in [0.717, 1.165) is 48.3 Å². The zero-order valence-electron chi connectivity index (χ0n) is 14.0. The van der Waals surface area contributed by atoms with E-state index >= 15 is 0 Å². The molecule has 4 rings (SSSR count). The van der Waals surface area contributed by atoms with Crippen LogP contribution in [0.15, 0.2) is 42.5 Å². The number of fused-ring (bicyclic) bond motifs is 1. The molecule has 1 saturated heterocycles. The van der Waals surface area contributed by atoms with Crippen molar-refractivity contribution in [3.05, 3.63) is 42.5 Å². The number of aromatic nitrogens is 2. The molecule has 1 aromatic heterocycles. The molecule has 25 heavy (non-hydrogen) atoms. The van der Waals surface area contributed by atoms with E-state index in [-0.39, 0.29) is 0 Å². The first kappa shape index (κ1) is 15.8. The molecule has 0 saturated carbocycles. The molecule has 2 heterocycles.